The highest BCUT2D eigenvalue weighted by atomic mass is 32.2. The third-order valence-corrected chi connectivity index (χ3v) is 6.07. The Balaban J connectivity index is 1.93. The van der Waals surface area contributed by atoms with E-state index >= 15 is 0 Å². The molecule has 0 aliphatic heterocycles. The lowest BCUT2D eigenvalue weighted by molar-refractivity contribution is 0.512. The molecule has 0 radical (unpaired) electrons. The van der Waals surface area contributed by atoms with Gasteiger partial charge in [0.25, 0.3) is 5.56 Å². The Hall–Kier alpha value is -1.91. The molecule has 10 heteroatoms. The molecule has 152 valence electrons. The minimum Gasteiger partial charge on any atom is -0.276 e. The molecule has 8 nitrogen and oxygen atoms in total. The number of para-hydroxylation sites is 1. The maximum absolute atomic E-state index is 13.0. The largest absolute Gasteiger partial charge is 0.276 e. The van der Waals surface area contributed by atoms with Gasteiger partial charge >= 0.3 is 0 Å². The predicted molar refractivity (Wildman–Crippen MR) is 112 cm³/mol. The maximum atomic E-state index is 13.0. The number of rotatable bonds is 9. The highest BCUT2D eigenvalue weighted by molar-refractivity contribution is 7.99. The number of sulfonamides is 1. The fourth-order valence-electron chi connectivity index (χ4n) is 2.91. The molecular formula is C18H25N5O3S2. The van der Waals surface area contributed by atoms with Crippen LogP contribution in [0.3, 0.4) is 0 Å². The Bertz CT molecular complexity index is 1140. The van der Waals surface area contributed by atoms with E-state index < -0.39 is 10.0 Å². The monoisotopic (exact) mass is 423 g/mol. The Morgan fingerprint density at radius 3 is 2.68 bits per heavy atom. The van der Waals surface area contributed by atoms with Crippen LogP contribution in [0.25, 0.3) is 16.7 Å². The van der Waals surface area contributed by atoms with Crippen molar-refractivity contribution in [1.29, 1.82) is 0 Å². The highest BCUT2D eigenvalue weighted by Crippen LogP contribution is 2.22. The minimum absolute atomic E-state index is 0.0509. The van der Waals surface area contributed by atoms with Crippen molar-refractivity contribution in [3.63, 3.8) is 0 Å². The van der Waals surface area contributed by atoms with Crippen molar-refractivity contribution in [2.45, 2.75) is 38.4 Å². The van der Waals surface area contributed by atoms with Gasteiger partial charge in [-0.25, -0.2) is 13.1 Å². The van der Waals surface area contributed by atoms with Crippen LogP contribution in [0.5, 0.6) is 0 Å². The van der Waals surface area contributed by atoms with Crippen LogP contribution in [0.2, 0.25) is 0 Å². The van der Waals surface area contributed by atoms with Crippen LogP contribution in [-0.4, -0.2) is 46.1 Å². The zero-order valence-electron chi connectivity index (χ0n) is 16.3. The van der Waals surface area contributed by atoms with E-state index in [1.165, 1.54) is 11.8 Å². The van der Waals surface area contributed by atoms with E-state index in [0.29, 0.717) is 47.5 Å². The summed E-state index contributed by atoms with van der Waals surface area (Å²) in [6.07, 6.45) is 2.69. The van der Waals surface area contributed by atoms with E-state index in [4.69, 9.17) is 0 Å². The fourth-order valence-corrected chi connectivity index (χ4v) is 4.30. The third-order valence-electron chi connectivity index (χ3n) is 4.32. The molecule has 2 heterocycles. The summed E-state index contributed by atoms with van der Waals surface area (Å²) < 4.78 is 28.4. The first-order valence-corrected chi connectivity index (χ1v) is 12.1. The summed E-state index contributed by atoms with van der Waals surface area (Å²) in [6.45, 7) is 5.21. The van der Waals surface area contributed by atoms with Crippen LogP contribution in [0.1, 0.15) is 26.7 Å². The predicted octanol–water partition coefficient (Wildman–Crippen LogP) is 2.12. The second-order valence-electron chi connectivity index (χ2n) is 7.14. The second-order valence-corrected chi connectivity index (χ2v) is 10.0. The van der Waals surface area contributed by atoms with Gasteiger partial charge in [-0.2, -0.15) is 0 Å². The molecule has 3 aromatic rings. The molecular weight excluding hydrogens is 398 g/mol. The van der Waals surface area contributed by atoms with Gasteiger partial charge in [0.15, 0.2) is 5.16 Å². The molecule has 0 atom stereocenters. The Kier molecular flexibility index (Phi) is 6.41. The van der Waals surface area contributed by atoms with E-state index in [1.54, 1.807) is 4.57 Å². The normalized spacial score (nSPS) is 12.4. The van der Waals surface area contributed by atoms with Gasteiger partial charge in [0.2, 0.25) is 15.8 Å². The second kappa shape index (κ2) is 8.62. The number of hydrogen-bond donors (Lipinski definition) is 1. The van der Waals surface area contributed by atoms with Crippen molar-refractivity contribution in [3.05, 3.63) is 34.6 Å². The van der Waals surface area contributed by atoms with Crippen molar-refractivity contribution < 1.29 is 8.42 Å². The van der Waals surface area contributed by atoms with Crippen molar-refractivity contribution >= 4 is 38.5 Å². The van der Waals surface area contributed by atoms with Crippen LogP contribution in [0, 0.1) is 5.92 Å². The topological polar surface area (TPSA) is 98.4 Å². The lowest BCUT2D eigenvalue weighted by Gasteiger charge is -2.12. The summed E-state index contributed by atoms with van der Waals surface area (Å²) in [4.78, 5) is 13.0. The summed E-state index contributed by atoms with van der Waals surface area (Å²) in [6, 6.07) is 7.48. The number of fused-ring (bicyclic) bond motifs is 3. The van der Waals surface area contributed by atoms with Crippen molar-refractivity contribution in [2.75, 3.05) is 18.6 Å². The van der Waals surface area contributed by atoms with E-state index in [1.807, 2.05) is 28.7 Å². The maximum Gasteiger partial charge on any atom is 0.262 e. The van der Waals surface area contributed by atoms with Gasteiger partial charge < -0.3 is 0 Å². The standard InChI is InChI=1S/C18H25N5O3S2/c1-13(2)9-11-22-16(24)14-7-4-5-8-15(14)23-17(22)20-21-18(23)27-12-6-10-19-28(3,25)26/h4-5,7-8,13,19H,6,9-12H2,1-3H3. The first-order chi connectivity index (χ1) is 13.3. The lowest BCUT2D eigenvalue weighted by atomic mass is 10.1. The van der Waals surface area contributed by atoms with Crippen LogP contribution in [-0.2, 0) is 16.6 Å². The Labute approximate surface area is 168 Å². The molecule has 28 heavy (non-hydrogen) atoms. The lowest BCUT2D eigenvalue weighted by Crippen LogP contribution is -2.24. The molecule has 2 aromatic heterocycles. The molecule has 0 saturated heterocycles. The van der Waals surface area contributed by atoms with E-state index in [9.17, 15) is 13.2 Å². The van der Waals surface area contributed by atoms with Gasteiger partial charge in [-0.3, -0.25) is 13.8 Å². The average molecular weight is 424 g/mol. The summed E-state index contributed by atoms with van der Waals surface area (Å²) in [5.41, 5.74) is 0.732. The van der Waals surface area contributed by atoms with Gasteiger partial charge in [-0.05, 0) is 30.9 Å². The molecule has 0 saturated carbocycles. The van der Waals surface area contributed by atoms with Crippen LogP contribution in [0.4, 0.5) is 0 Å². The van der Waals surface area contributed by atoms with Crippen molar-refractivity contribution in [2.24, 2.45) is 5.92 Å². The SMILES string of the molecule is CC(C)CCn1c(=O)c2ccccc2n2c(SCCCNS(C)(=O)=O)nnc12. The first-order valence-electron chi connectivity index (χ1n) is 9.22. The molecule has 0 amide bonds. The first kappa shape index (κ1) is 20.8. The molecule has 0 fully saturated rings. The summed E-state index contributed by atoms with van der Waals surface area (Å²) >= 11 is 1.50. The summed E-state index contributed by atoms with van der Waals surface area (Å²) in [5, 5.41) is 9.92. The van der Waals surface area contributed by atoms with Crippen molar-refractivity contribution in [1.82, 2.24) is 23.9 Å². The smallest absolute Gasteiger partial charge is 0.262 e. The van der Waals surface area contributed by atoms with Gasteiger partial charge in [-0.15, -0.1) is 10.2 Å². The molecule has 1 aromatic carbocycles. The van der Waals surface area contributed by atoms with E-state index in [2.05, 4.69) is 28.8 Å². The van der Waals surface area contributed by atoms with Crippen LogP contribution < -0.4 is 10.3 Å². The molecule has 3 rings (SSSR count). The minimum atomic E-state index is -3.18. The van der Waals surface area contributed by atoms with Gasteiger partial charge in [-0.1, -0.05) is 37.7 Å². The number of thioether (sulfide) groups is 1. The number of aryl methyl sites for hydroxylation is 1. The number of benzene rings is 1. The molecule has 0 bridgehead atoms. The van der Waals surface area contributed by atoms with Gasteiger partial charge in [0.1, 0.15) is 0 Å². The molecule has 1 N–H and O–H groups in total. The summed E-state index contributed by atoms with van der Waals surface area (Å²) in [7, 11) is -3.18. The molecule has 0 aliphatic rings. The number of hydrogen-bond acceptors (Lipinski definition) is 6. The zero-order chi connectivity index (χ0) is 20.3. The molecule has 0 aliphatic carbocycles. The van der Waals surface area contributed by atoms with Crippen LogP contribution in [0.15, 0.2) is 34.2 Å². The third kappa shape index (κ3) is 4.73. The molecule has 0 unspecified atom stereocenters. The Morgan fingerprint density at radius 2 is 1.96 bits per heavy atom. The molecule has 0 spiro atoms. The number of nitrogens with one attached hydrogen (secondary N) is 1. The van der Waals surface area contributed by atoms with Gasteiger partial charge in [0.05, 0.1) is 17.2 Å². The average Bonchev–Trinajstić information content (AvgIpc) is 3.04. The Morgan fingerprint density at radius 1 is 1.21 bits per heavy atom. The van der Waals surface area contributed by atoms with Crippen molar-refractivity contribution in [3.8, 4) is 0 Å². The fraction of sp³-hybridized carbons (Fsp3) is 0.500. The summed E-state index contributed by atoms with van der Waals surface area (Å²) in [5.74, 6) is 1.70. The van der Waals surface area contributed by atoms with Crippen LogP contribution >= 0.6 is 11.8 Å². The van der Waals surface area contributed by atoms with E-state index in [0.717, 1.165) is 18.2 Å². The zero-order valence-corrected chi connectivity index (χ0v) is 17.9. The number of aromatic nitrogens is 4. The number of nitrogens with zero attached hydrogens (tertiary/aromatic N) is 4. The van der Waals surface area contributed by atoms with E-state index in [-0.39, 0.29) is 5.56 Å². The van der Waals surface area contributed by atoms with Gasteiger partial charge in [0, 0.05) is 18.8 Å². The quantitative estimate of drug-likeness (QED) is 0.418. The highest BCUT2D eigenvalue weighted by Gasteiger charge is 2.16.